The molecule has 1 nitrogen and oxygen atoms in total. The first kappa shape index (κ1) is 10.3. The van der Waals surface area contributed by atoms with Crippen molar-refractivity contribution in [3.05, 3.63) is 78.0 Å². The van der Waals surface area contributed by atoms with E-state index in [4.69, 9.17) is 4.11 Å². The van der Waals surface area contributed by atoms with Crippen LogP contribution in [0.1, 0.15) is 15.2 Å². The van der Waals surface area contributed by atoms with Gasteiger partial charge < -0.3 is 0 Å². The predicted octanol–water partition coefficient (Wildman–Crippen LogP) is 4.46. The average Bonchev–Trinajstić information content (AvgIpc) is 2.55. The van der Waals surface area contributed by atoms with Gasteiger partial charge in [0.15, 0.2) is 6.20 Å². The fraction of sp³-hybridized carbons (Fsp3) is 0.150. The lowest BCUT2D eigenvalue weighted by molar-refractivity contribution is -0.660. The van der Waals surface area contributed by atoms with Crippen molar-refractivity contribution in [2.75, 3.05) is 0 Å². The lowest BCUT2D eigenvalue weighted by atomic mass is 9.94. The molecule has 0 unspecified atom stereocenters. The highest BCUT2D eigenvalue weighted by molar-refractivity contribution is 5.81. The Morgan fingerprint density at radius 2 is 1.38 bits per heavy atom. The Balaban J connectivity index is 2.33. The number of pyridine rings is 1. The van der Waals surface area contributed by atoms with Gasteiger partial charge in [0.05, 0.1) is 5.56 Å². The molecule has 0 fully saturated rings. The van der Waals surface area contributed by atoms with Crippen LogP contribution in [-0.2, 0) is 7.05 Å². The van der Waals surface area contributed by atoms with Crippen molar-refractivity contribution in [3.63, 3.8) is 0 Å². The van der Waals surface area contributed by atoms with Gasteiger partial charge >= 0.3 is 0 Å². The maximum absolute atomic E-state index is 7.86. The van der Waals surface area contributed by atoms with E-state index in [-0.39, 0.29) is 0 Å². The van der Waals surface area contributed by atoms with Crippen LogP contribution in [0.5, 0.6) is 0 Å². The smallest absolute Gasteiger partial charge is 0.200 e. The monoisotopic (exact) mass is 277 g/mol. The standard InChI is InChI=1S/C20H20N/c1-15-9-4-6-11-17(15)19-13-8-14-21(3)20(19)18-12-7-5-10-16(18)2/h4-14H,1-3H3/q+1/i1D3. The Bertz CT molecular complexity index is 882. The molecule has 0 aliphatic carbocycles. The first-order chi connectivity index (χ1) is 11.4. The summed E-state index contributed by atoms with van der Waals surface area (Å²) >= 11 is 0. The molecule has 1 heterocycles. The normalized spacial score (nSPS) is 13.3. The average molecular weight is 277 g/mol. The zero-order valence-corrected chi connectivity index (χ0v) is 12.3. The molecule has 3 aromatic rings. The summed E-state index contributed by atoms with van der Waals surface area (Å²) in [6, 6.07) is 19.4. The van der Waals surface area contributed by atoms with Crippen LogP contribution >= 0.6 is 0 Å². The number of hydrogen-bond donors (Lipinski definition) is 0. The summed E-state index contributed by atoms with van der Waals surface area (Å²) in [5.74, 6) is 0. The molecule has 0 aliphatic rings. The first-order valence-corrected chi connectivity index (χ1v) is 7.04. The van der Waals surface area contributed by atoms with Crippen molar-refractivity contribution in [1.82, 2.24) is 0 Å². The topological polar surface area (TPSA) is 3.88 Å². The molecule has 0 radical (unpaired) electrons. The summed E-state index contributed by atoms with van der Waals surface area (Å²) in [5.41, 5.74) is 5.36. The Morgan fingerprint density at radius 3 is 2.10 bits per heavy atom. The fourth-order valence-corrected chi connectivity index (χ4v) is 2.72. The van der Waals surface area contributed by atoms with Crippen LogP contribution in [0.15, 0.2) is 66.9 Å². The minimum Gasteiger partial charge on any atom is -0.200 e. The van der Waals surface area contributed by atoms with Gasteiger partial charge in [-0.05, 0) is 42.6 Å². The van der Waals surface area contributed by atoms with Gasteiger partial charge in [-0.2, -0.15) is 0 Å². The molecule has 0 spiro atoms. The summed E-state index contributed by atoms with van der Waals surface area (Å²) in [6.45, 7) is -0.0736. The third-order valence-electron chi connectivity index (χ3n) is 3.80. The van der Waals surface area contributed by atoms with Gasteiger partial charge in [0, 0.05) is 15.7 Å². The minimum absolute atomic E-state index is 0.381. The lowest BCUT2D eigenvalue weighted by Crippen LogP contribution is -2.31. The van der Waals surface area contributed by atoms with Gasteiger partial charge in [0.1, 0.15) is 7.05 Å². The van der Waals surface area contributed by atoms with Crippen LogP contribution in [0.25, 0.3) is 22.4 Å². The van der Waals surface area contributed by atoms with E-state index in [2.05, 4.69) is 19.1 Å². The Labute approximate surface area is 130 Å². The molecule has 0 atom stereocenters. The van der Waals surface area contributed by atoms with E-state index in [1.807, 2.05) is 54.2 Å². The van der Waals surface area contributed by atoms with Crippen LogP contribution in [-0.4, -0.2) is 0 Å². The molecule has 0 bridgehead atoms. The van der Waals surface area contributed by atoms with Gasteiger partial charge in [-0.3, -0.25) is 0 Å². The van der Waals surface area contributed by atoms with Crippen molar-refractivity contribution in [2.45, 2.75) is 13.8 Å². The van der Waals surface area contributed by atoms with Gasteiger partial charge in [-0.15, -0.1) is 0 Å². The van der Waals surface area contributed by atoms with Crippen LogP contribution in [0.4, 0.5) is 0 Å². The molecule has 1 aromatic heterocycles. The quantitative estimate of drug-likeness (QED) is 0.609. The van der Waals surface area contributed by atoms with E-state index < -0.39 is 6.85 Å². The maximum Gasteiger partial charge on any atom is 0.220 e. The predicted molar refractivity (Wildman–Crippen MR) is 88.0 cm³/mol. The van der Waals surface area contributed by atoms with Crippen LogP contribution < -0.4 is 4.57 Å². The van der Waals surface area contributed by atoms with Crippen LogP contribution in [0, 0.1) is 13.8 Å². The van der Waals surface area contributed by atoms with Gasteiger partial charge in [-0.1, -0.05) is 42.5 Å². The third kappa shape index (κ3) is 2.47. The molecule has 0 saturated heterocycles. The minimum atomic E-state index is -2.14. The molecule has 0 amide bonds. The van der Waals surface area contributed by atoms with Crippen molar-refractivity contribution in [2.24, 2.45) is 7.05 Å². The van der Waals surface area contributed by atoms with Crippen molar-refractivity contribution in [3.8, 4) is 22.4 Å². The van der Waals surface area contributed by atoms with E-state index in [0.717, 1.165) is 27.9 Å². The summed E-state index contributed by atoms with van der Waals surface area (Å²) in [5, 5.41) is 0. The SMILES string of the molecule is [2H]C([2H])([2H])c1ccccc1-c1ccc[n+](C)c1-c1ccccc1C. The largest absolute Gasteiger partial charge is 0.220 e. The number of aromatic nitrogens is 1. The van der Waals surface area contributed by atoms with E-state index in [1.165, 1.54) is 0 Å². The molecule has 0 N–H and O–H groups in total. The van der Waals surface area contributed by atoms with Crippen molar-refractivity contribution >= 4 is 0 Å². The summed E-state index contributed by atoms with van der Waals surface area (Å²) in [4.78, 5) is 0. The van der Waals surface area contributed by atoms with Gasteiger partial charge in [-0.25, -0.2) is 4.57 Å². The summed E-state index contributed by atoms with van der Waals surface area (Å²) in [7, 11) is 1.99. The Morgan fingerprint density at radius 1 is 0.762 bits per heavy atom. The number of aryl methyl sites for hydroxylation is 3. The van der Waals surface area contributed by atoms with E-state index in [0.29, 0.717) is 5.56 Å². The van der Waals surface area contributed by atoms with Crippen LogP contribution in [0.3, 0.4) is 0 Å². The highest BCUT2D eigenvalue weighted by Crippen LogP contribution is 2.32. The van der Waals surface area contributed by atoms with Crippen molar-refractivity contribution in [1.29, 1.82) is 0 Å². The Hall–Kier alpha value is -2.41. The van der Waals surface area contributed by atoms with Crippen molar-refractivity contribution < 1.29 is 8.68 Å². The van der Waals surface area contributed by atoms with E-state index >= 15 is 0 Å². The second kappa shape index (κ2) is 5.53. The molecule has 2 aromatic carbocycles. The second-order valence-electron chi connectivity index (χ2n) is 5.24. The molecule has 1 heteroatoms. The zero-order chi connectivity index (χ0) is 17.3. The molecular weight excluding hydrogens is 254 g/mol. The molecule has 21 heavy (non-hydrogen) atoms. The maximum atomic E-state index is 7.86. The lowest BCUT2D eigenvalue weighted by Gasteiger charge is -2.11. The molecular formula is C20H20N+. The van der Waals surface area contributed by atoms with Gasteiger partial charge in [0.2, 0.25) is 5.69 Å². The van der Waals surface area contributed by atoms with E-state index in [1.54, 1.807) is 12.1 Å². The highest BCUT2D eigenvalue weighted by atomic mass is 14.9. The number of hydrogen-bond acceptors (Lipinski definition) is 0. The molecule has 3 rings (SSSR count). The fourth-order valence-electron chi connectivity index (χ4n) is 2.72. The summed E-state index contributed by atoms with van der Waals surface area (Å²) < 4.78 is 25.6. The first-order valence-electron chi connectivity index (χ1n) is 8.54. The Kier molecular flexibility index (Phi) is 2.72. The number of rotatable bonds is 2. The second-order valence-corrected chi connectivity index (χ2v) is 5.24. The number of benzene rings is 2. The van der Waals surface area contributed by atoms with E-state index in [9.17, 15) is 0 Å². The molecule has 0 saturated carbocycles. The highest BCUT2D eigenvalue weighted by Gasteiger charge is 2.19. The third-order valence-corrected chi connectivity index (χ3v) is 3.80. The van der Waals surface area contributed by atoms with Crippen LogP contribution in [0.2, 0.25) is 0 Å². The number of nitrogens with zero attached hydrogens (tertiary/aromatic N) is 1. The molecule has 0 aliphatic heterocycles. The summed E-state index contributed by atoms with van der Waals surface area (Å²) in [6.07, 6.45) is 1.99. The van der Waals surface area contributed by atoms with Gasteiger partial charge in [0.25, 0.3) is 0 Å². The zero-order valence-electron chi connectivity index (χ0n) is 15.3. The molecule has 104 valence electrons.